The van der Waals surface area contributed by atoms with Crippen molar-refractivity contribution < 1.29 is 14.7 Å². The smallest absolute Gasteiger partial charge is 0.324 e. The molecule has 0 aromatic heterocycles. The number of aliphatic carboxylic acids is 1. The first-order valence-electron chi connectivity index (χ1n) is 5.06. The number of hydrogen-bond acceptors (Lipinski definition) is 3. The van der Waals surface area contributed by atoms with Crippen molar-refractivity contribution in [2.45, 2.75) is 24.3 Å². The van der Waals surface area contributed by atoms with Crippen molar-refractivity contribution in [1.29, 1.82) is 0 Å². The van der Waals surface area contributed by atoms with Gasteiger partial charge in [0, 0.05) is 12.2 Å². The van der Waals surface area contributed by atoms with Gasteiger partial charge >= 0.3 is 5.97 Å². The van der Waals surface area contributed by atoms with Gasteiger partial charge in [0.15, 0.2) is 11.0 Å². The second-order valence-corrected chi connectivity index (χ2v) is 4.43. The number of benzene rings is 1. The van der Waals surface area contributed by atoms with Gasteiger partial charge in [-0.05, 0) is 5.56 Å². The molecule has 1 rings (SSSR count). The molecule has 1 N–H and O–H groups in total. The van der Waals surface area contributed by atoms with E-state index in [4.69, 9.17) is 5.11 Å². The molecule has 0 aliphatic carbocycles. The summed E-state index contributed by atoms with van der Waals surface area (Å²) in [6, 6.07) is 9.53. The first kappa shape index (κ1) is 12.8. The topological polar surface area (TPSA) is 54.4 Å². The van der Waals surface area contributed by atoms with E-state index in [1.54, 1.807) is 6.92 Å². The Hall–Kier alpha value is -1.29. The lowest BCUT2D eigenvalue weighted by atomic mass is 10.2. The highest BCUT2D eigenvalue weighted by Crippen LogP contribution is 2.19. The Balaban J connectivity index is 2.57. The van der Waals surface area contributed by atoms with Crippen LogP contribution in [0.3, 0.4) is 0 Å². The zero-order chi connectivity index (χ0) is 12.0. The van der Waals surface area contributed by atoms with Crippen LogP contribution in [0.1, 0.15) is 18.9 Å². The van der Waals surface area contributed by atoms with Crippen molar-refractivity contribution in [3.8, 4) is 0 Å². The van der Waals surface area contributed by atoms with E-state index >= 15 is 0 Å². The fraction of sp³-hybridized carbons (Fsp3) is 0.333. The molecular weight excluding hydrogens is 224 g/mol. The predicted molar refractivity (Wildman–Crippen MR) is 64.5 cm³/mol. The molecule has 1 aromatic rings. The summed E-state index contributed by atoms with van der Waals surface area (Å²) in [5.41, 5.74) is 1.03. The Morgan fingerprint density at radius 2 is 1.94 bits per heavy atom. The average molecular weight is 238 g/mol. The Labute approximate surface area is 98.9 Å². The molecule has 1 atom stereocenters. The van der Waals surface area contributed by atoms with Gasteiger partial charge in [0.05, 0.1) is 0 Å². The van der Waals surface area contributed by atoms with E-state index in [0.29, 0.717) is 5.75 Å². The van der Waals surface area contributed by atoms with E-state index in [1.165, 1.54) is 11.8 Å². The summed E-state index contributed by atoms with van der Waals surface area (Å²) < 4.78 is 0. The lowest BCUT2D eigenvalue weighted by molar-refractivity contribution is -0.139. The SMILES string of the molecule is CCC(=O)C(SCc1ccccc1)C(=O)O. The first-order valence-corrected chi connectivity index (χ1v) is 6.11. The maximum atomic E-state index is 11.4. The zero-order valence-electron chi connectivity index (χ0n) is 9.05. The average Bonchev–Trinajstić information content (AvgIpc) is 2.30. The Bertz CT molecular complexity index is 362. The van der Waals surface area contributed by atoms with Crippen LogP contribution in [0.2, 0.25) is 0 Å². The molecule has 0 fully saturated rings. The van der Waals surface area contributed by atoms with Gasteiger partial charge in [-0.3, -0.25) is 9.59 Å². The third-order valence-electron chi connectivity index (χ3n) is 2.12. The summed E-state index contributed by atoms with van der Waals surface area (Å²) in [6.07, 6.45) is 0.263. The van der Waals surface area contributed by atoms with E-state index < -0.39 is 11.2 Å². The maximum absolute atomic E-state index is 11.4. The molecule has 1 unspecified atom stereocenters. The highest BCUT2D eigenvalue weighted by atomic mass is 32.2. The van der Waals surface area contributed by atoms with Crippen molar-refractivity contribution in [2.24, 2.45) is 0 Å². The number of carbonyl (C=O) groups excluding carboxylic acids is 1. The highest BCUT2D eigenvalue weighted by molar-refractivity contribution is 8.00. The summed E-state index contributed by atoms with van der Waals surface area (Å²) in [6.45, 7) is 1.68. The van der Waals surface area contributed by atoms with Gasteiger partial charge in [-0.15, -0.1) is 11.8 Å². The molecule has 0 aliphatic heterocycles. The van der Waals surface area contributed by atoms with Crippen LogP contribution in [0.15, 0.2) is 30.3 Å². The van der Waals surface area contributed by atoms with Crippen molar-refractivity contribution in [2.75, 3.05) is 0 Å². The maximum Gasteiger partial charge on any atom is 0.324 e. The van der Waals surface area contributed by atoms with Crippen LogP contribution in [-0.2, 0) is 15.3 Å². The summed E-state index contributed by atoms with van der Waals surface area (Å²) in [5, 5.41) is 7.97. The van der Waals surface area contributed by atoms with Crippen molar-refractivity contribution >= 4 is 23.5 Å². The molecule has 0 saturated heterocycles. The quantitative estimate of drug-likeness (QED) is 0.773. The molecule has 0 aliphatic rings. The Morgan fingerprint density at radius 1 is 1.31 bits per heavy atom. The number of hydrogen-bond donors (Lipinski definition) is 1. The molecule has 86 valence electrons. The molecule has 4 heteroatoms. The summed E-state index contributed by atoms with van der Waals surface area (Å²) in [7, 11) is 0. The highest BCUT2D eigenvalue weighted by Gasteiger charge is 2.24. The van der Waals surface area contributed by atoms with Crippen LogP contribution in [0.5, 0.6) is 0 Å². The third-order valence-corrected chi connectivity index (χ3v) is 3.42. The van der Waals surface area contributed by atoms with E-state index in [2.05, 4.69) is 0 Å². The van der Waals surface area contributed by atoms with E-state index in [0.717, 1.165) is 5.56 Å². The van der Waals surface area contributed by atoms with Crippen LogP contribution in [0.4, 0.5) is 0 Å². The molecule has 0 heterocycles. The van der Waals surface area contributed by atoms with Crippen molar-refractivity contribution in [1.82, 2.24) is 0 Å². The van der Waals surface area contributed by atoms with Crippen LogP contribution in [0.25, 0.3) is 0 Å². The monoisotopic (exact) mass is 238 g/mol. The number of rotatable bonds is 6. The van der Waals surface area contributed by atoms with E-state index in [-0.39, 0.29) is 12.2 Å². The van der Waals surface area contributed by atoms with Crippen LogP contribution >= 0.6 is 11.8 Å². The van der Waals surface area contributed by atoms with Crippen molar-refractivity contribution in [3.63, 3.8) is 0 Å². The van der Waals surface area contributed by atoms with Crippen molar-refractivity contribution in [3.05, 3.63) is 35.9 Å². The van der Waals surface area contributed by atoms with Crippen LogP contribution in [-0.4, -0.2) is 22.1 Å². The number of carbonyl (C=O) groups is 2. The second-order valence-electron chi connectivity index (χ2n) is 3.33. The third kappa shape index (κ3) is 3.70. The standard InChI is InChI=1S/C12H14O3S/c1-2-10(13)11(12(14)15)16-8-9-6-4-3-5-7-9/h3-7,11H,2,8H2,1H3,(H,14,15). The van der Waals surface area contributed by atoms with Gasteiger partial charge in [-0.2, -0.15) is 0 Å². The van der Waals surface area contributed by atoms with Gasteiger partial charge in [0.2, 0.25) is 0 Å². The minimum atomic E-state index is -1.05. The Morgan fingerprint density at radius 3 is 2.44 bits per heavy atom. The summed E-state index contributed by atoms with van der Waals surface area (Å²) >= 11 is 1.17. The molecule has 1 aromatic carbocycles. The van der Waals surface area contributed by atoms with Gasteiger partial charge in [-0.1, -0.05) is 37.3 Å². The molecule has 0 spiro atoms. The Kier molecular flexibility index (Phi) is 5.05. The van der Waals surface area contributed by atoms with Gasteiger partial charge in [-0.25, -0.2) is 0 Å². The number of ketones is 1. The van der Waals surface area contributed by atoms with Crippen LogP contribution in [0, 0.1) is 0 Å². The van der Waals surface area contributed by atoms with E-state index in [1.807, 2.05) is 30.3 Å². The molecule has 0 amide bonds. The normalized spacial score (nSPS) is 12.1. The molecular formula is C12H14O3S. The van der Waals surface area contributed by atoms with Crippen LogP contribution < -0.4 is 0 Å². The van der Waals surface area contributed by atoms with Gasteiger partial charge < -0.3 is 5.11 Å². The predicted octanol–water partition coefficient (Wildman–Crippen LogP) is 2.35. The largest absolute Gasteiger partial charge is 0.480 e. The molecule has 3 nitrogen and oxygen atoms in total. The summed E-state index contributed by atoms with van der Waals surface area (Å²) in [5.74, 6) is -0.731. The number of carboxylic acids is 1. The number of thioether (sulfide) groups is 1. The fourth-order valence-corrected chi connectivity index (χ4v) is 2.29. The van der Waals surface area contributed by atoms with Gasteiger partial charge in [0.25, 0.3) is 0 Å². The molecule has 0 radical (unpaired) electrons. The lowest BCUT2D eigenvalue weighted by Gasteiger charge is -2.09. The minimum absolute atomic E-state index is 0.228. The number of carboxylic acid groups (broad SMARTS) is 1. The lowest BCUT2D eigenvalue weighted by Crippen LogP contribution is -2.26. The van der Waals surface area contributed by atoms with Gasteiger partial charge in [0.1, 0.15) is 0 Å². The molecule has 16 heavy (non-hydrogen) atoms. The summed E-state index contributed by atoms with van der Waals surface area (Å²) in [4.78, 5) is 22.3. The minimum Gasteiger partial charge on any atom is -0.480 e. The molecule has 0 saturated carbocycles. The zero-order valence-corrected chi connectivity index (χ0v) is 9.87. The first-order chi connectivity index (χ1) is 7.65. The fourth-order valence-electron chi connectivity index (χ4n) is 1.24. The number of Topliss-reactive ketones (excluding diaryl/α,β-unsaturated/α-hetero) is 1. The second kappa shape index (κ2) is 6.33. The molecule has 0 bridgehead atoms. The van der Waals surface area contributed by atoms with E-state index in [9.17, 15) is 9.59 Å².